The average Bonchev–Trinajstić information content (AvgIpc) is 2.80. The van der Waals surface area contributed by atoms with Gasteiger partial charge in [-0.3, -0.25) is 14.6 Å². The highest BCUT2D eigenvalue weighted by Gasteiger charge is 2.36. The second-order valence-corrected chi connectivity index (χ2v) is 9.60. The van der Waals surface area contributed by atoms with E-state index in [-0.39, 0.29) is 17.9 Å². The molecule has 7 heteroatoms. The fourth-order valence-electron chi connectivity index (χ4n) is 4.40. The lowest BCUT2D eigenvalue weighted by Crippen LogP contribution is -2.58. The maximum atomic E-state index is 13.4. The molecule has 2 aliphatic heterocycles. The van der Waals surface area contributed by atoms with Crippen LogP contribution in [0.1, 0.15) is 30.9 Å². The van der Waals surface area contributed by atoms with Gasteiger partial charge >= 0.3 is 6.03 Å². The van der Waals surface area contributed by atoms with Crippen molar-refractivity contribution >= 4 is 29.5 Å². The smallest absolute Gasteiger partial charge is 0.324 e. The Morgan fingerprint density at radius 3 is 2.55 bits per heavy atom. The summed E-state index contributed by atoms with van der Waals surface area (Å²) in [6.45, 7) is 5.71. The molecule has 3 N–H and O–H groups in total. The maximum Gasteiger partial charge on any atom is 0.324 e. The quantitative estimate of drug-likeness (QED) is 0.404. The number of nitrogen functional groups attached to an aromatic ring is 1. The minimum Gasteiger partial charge on any atom is -0.384 e. The number of urea groups is 1. The SMILES string of the molecule is CC1CN(c2cccc(C(=N)N)c2)C(=O)N(C2CCN(SCc3ccccc3)CC2)C1. The lowest BCUT2D eigenvalue weighted by atomic mass is 10.00. The van der Waals surface area contributed by atoms with Gasteiger partial charge in [-0.25, -0.2) is 4.79 Å². The second kappa shape index (κ2) is 9.75. The van der Waals surface area contributed by atoms with E-state index < -0.39 is 0 Å². The van der Waals surface area contributed by atoms with Crippen LogP contribution >= 0.6 is 11.9 Å². The summed E-state index contributed by atoms with van der Waals surface area (Å²) in [6.07, 6.45) is 2.00. The molecule has 0 radical (unpaired) electrons. The summed E-state index contributed by atoms with van der Waals surface area (Å²) in [5.41, 5.74) is 8.48. The summed E-state index contributed by atoms with van der Waals surface area (Å²) in [6, 6.07) is 18.4. The molecule has 31 heavy (non-hydrogen) atoms. The van der Waals surface area contributed by atoms with E-state index in [1.165, 1.54) is 5.56 Å². The van der Waals surface area contributed by atoms with Gasteiger partial charge in [-0.2, -0.15) is 0 Å². The molecule has 0 saturated carbocycles. The minimum atomic E-state index is 0.0246. The van der Waals surface area contributed by atoms with Crippen LogP contribution in [0.25, 0.3) is 0 Å². The van der Waals surface area contributed by atoms with Crippen molar-refractivity contribution in [2.45, 2.75) is 31.6 Å². The van der Waals surface area contributed by atoms with Crippen molar-refractivity contribution in [3.05, 3.63) is 65.7 Å². The van der Waals surface area contributed by atoms with Crippen molar-refractivity contribution in [3.8, 4) is 0 Å². The molecule has 2 aromatic carbocycles. The standard InChI is InChI=1S/C24H31N5OS/c1-18-15-28(24(30)29(16-18)22-9-5-8-20(14-22)23(25)26)21-10-12-27(13-11-21)31-17-19-6-3-2-4-7-19/h2-9,14,18,21H,10-13,15-17H2,1H3,(H3,25,26). The number of nitrogens with two attached hydrogens (primary N) is 1. The van der Waals surface area contributed by atoms with E-state index in [0.717, 1.165) is 43.9 Å². The molecule has 0 aromatic heterocycles. The first kappa shape index (κ1) is 21.7. The van der Waals surface area contributed by atoms with Crippen LogP contribution in [-0.2, 0) is 5.75 Å². The van der Waals surface area contributed by atoms with Crippen LogP contribution in [0.3, 0.4) is 0 Å². The Morgan fingerprint density at radius 1 is 1.10 bits per heavy atom. The Labute approximate surface area is 189 Å². The van der Waals surface area contributed by atoms with Crippen molar-refractivity contribution in [3.63, 3.8) is 0 Å². The highest BCUT2D eigenvalue weighted by atomic mass is 32.2. The van der Waals surface area contributed by atoms with Crippen molar-refractivity contribution in [2.75, 3.05) is 31.1 Å². The van der Waals surface area contributed by atoms with Gasteiger partial charge in [-0.05, 0) is 36.5 Å². The predicted molar refractivity (Wildman–Crippen MR) is 128 cm³/mol. The fourth-order valence-corrected chi connectivity index (χ4v) is 5.39. The van der Waals surface area contributed by atoms with Gasteiger partial charge in [0.1, 0.15) is 5.84 Å². The molecule has 1 atom stereocenters. The number of nitrogens with one attached hydrogen (secondary N) is 1. The highest BCUT2D eigenvalue weighted by molar-refractivity contribution is 7.96. The zero-order valence-corrected chi connectivity index (χ0v) is 18.9. The van der Waals surface area contributed by atoms with Gasteiger partial charge in [0.15, 0.2) is 0 Å². The minimum absolute atomic E-state index is 0.0246. The first-order chi connectivity index (χ1) is 15.0. The Hall–Kier alpha value is -2.51. The van der Waals surface area contributed by atoms with Crippen molar-refractivity contribution in [2.24, 2.45) is 11.7 Å². The van der Waals surface area contributed by atoms with E-state index in [0.29, 0.717) is 18.0 Å². The van der Waals surface area contributed by atoms with Crippen LogP contribution in [-0.4, -0.2) is 53.3 Å². The first-order valence-corrected chi connectivity index (χ1v) is 11.9. The number of piperidine rings is 1. The van der Waals surface area contributed by atoms with Gasteiger partial charge in [0.2, 0.25) is 0 Å². The van der Waals surface area contributed by atoms with Gasteiger partial charge < -0.3 is 10.6 Å². The zero-order valence-electron chi connectivity index (χ0n) is 18.0. The van der Waals surface area contributed by atoms with E-state index in [2.05, 4.69) is 46.5 Å². The van der Waals surface area contributed by atoms with Gasteiger partial charge in [0, 0.05) is 49.2 Å². The molecule has 2 saturated heterocycles. The molecule has 4 rings (SSSR count). The topological polar surface area (TPSA) is 76.7 Å². The van der Waals surface area contributed by atoms with Crippen LogP contribution < -0.4 is 10.6 Å². The van der Waals surface area contributed by atoms with E-state index in [1.807, 2.05) is 41.1 Å². The highest BCUT2D eigenvalue weighted by Crippen LogP contribution is 2.29. The molecular formula is C24H31N5OS. The average molecular weight is 438 g/mol. The molecule has 2 amide bonds. The number of rotatable bonds is 6. The van der Waals surface area contributed by atoms with Crippen LogP contribution in [0.2, 0.25) is 0 Å². The number of benzene rings is 2. The first-order valence-electron chi connectivity index (χ1n) is 11.0. The number of hydrogen-bond acceptors (Lipinski definition) is 4. The summed E-state index contributed by atoms with van der Waals surface area (Å²) in [4.78, 5) is 17.3. The largest absolute Gasteiger partial charge is 0.384 e. The Bertz CT molecular complexity index is 913. The summed E-state index contributed by atoms with van der Waals surface area (Å²) < 4.78 is 2.44. The number of amidine groups is 1. The molecule has 2 aliphatic rings. The number of anilines is 1. The lowest BCUT2D eigenvalue weighted by molar-refractivity contribution is 0.129. The molecule has 0 spiro atoms. The summed E-state index contributed by atoms with van der Waals surface area (Å²) in [5, 5.41) is 7.70. The van der Waals surface area contributed by atoms with Gasteiger partial charge in [0.05, 0.1) is 0 Å². The third kappa shape index (κ3) is 5.22. The summed E-state index contributed by atoms with van der Waals surface area (Å²) in [7, 11) is 0. The molecule has 2 heterocycles. The number of carbonyl (C=O) groups excluding carboxylic acids is 1. The third-order valence-corrected chi connectivity index (χ3v) is 7.26. The summed E-state index contributed by atoms with van der Waals surface area (Å²) in [5.74, 6) is 1.41. The molecule has 1 unspecified atom stereocenters. The number of hydrogen-bond donors (Lipinski definition) is 2. The molecular weight excluding hydrogens is 406 g/mol. The predicted octanol–water partition coefficient (Wildman–Crippen LogP) is 4.16. The van der Waals surface area contributed by atoms with Crippen LogP contribution in [0.5, 0.6) is 0 Å². The van der Waals surface area contributed by atoms with Gasteiger partial charge in [0.25, 0.3) is 0 Å². The maximum absolute atomic E-state index is 13.4. The van der Waals surface area contributed by atoms with Crippen molar-refractivity contribution in [1.29, 1.82) is 5.41 Å². The van der Waals surface area contributed by atoms with E-state index in [1.54, 1.807) is 0 Å². The lowest BCUT2D eigenvalue weighted by Gasteiger charge is -2.45. The van der Waals surface area contributed by atoms with Crippen molar-refractivity contribution < 1.29 is 4.79 Å². The molecule has 6 nitrogen and oxygen atoms in total. The number of amides is 2. The van der Waals surface area contributed by atoms with Crippen LogP contribution in [0, 0.1) is 11.3 Å². The Balaban J connectivity index is 1.37. The van der Waals surface area contributed by atoms with Crippen LogP contribution in [0.4, 0.5) is 10.5 Å². The van der Waals surface area contributed by atoms with E-state index in [4.69, 9.17) is 11.1 Å². The van der Waals surface area contributed by atoms with Crippen LogP contribution in [0.15, 0.2) is 54.6 Å². The normalized spacial score (nSPS) is 20.8. The zero-order chi connectivity index (χ0) is 21.8. The van der Waals surface area contributed by atoms with E-state index in [9.17, 15) is 4.79 Å². The molecule has 0 bridgehead atoms. The summed E-state index contributed by atoms with van der Waals surface area (Å²) >= 11 is 1.89. The molecule has 0 aliphatic carbocycles. The van der Waals surface area contributed by atoms with E-state index >= 15 is 0 Å². The second-order valence-electron chi connectivity index (χ2n) is 8.53. The van der Waals surface area contributed by atoms with Gasteiger partial charge in [-0.1, -0.05) is 61.3 Å². The van der Waals surface area contributed by atoms with Crippen molar-refractivity contribution in [1.82, 2.24) is 9.21 Å². The Kier molecular flexibility index (Phi) is 6.83. The molecule has 2 fully saturated rings. The number of carbonyl (C=O) groups is 1. The fraction of sp³-hybridized carbons (Fsp3) is 0.417. The molecule has 2 aromatic rings. The third-order valence-electron chi connectivity index (χ3n) is 6.07. The monoisotopic (exact) mass is 437 g/mol. The number of nitrogens with zero attached hydrogens (tertiary/aromatic N) is 3. The van der Waals surface area contributed by atoms with Gasteiger partial charge in [-0.15, -0.1) is 0 Å². The molecule has 164 valence electrons. The Morgan fingerprint density at radius 2 is 1.84 bits per heavy atom.